The third kappa shape index (κ3) is 2.46. The number of carbonyl (C=O) groups is 3. The average Bonchev–Trinajstić information content (AvgIpc) is 2.21. The molecule has 96 valence electrons. The first-order valence-corrected chi connectivity index (χ1v) is 5.59. The number of imide groups is 1. The Morgan fingerprint density at radius 2 is 1.94 bits per heavy atom. The van der Waals surface area contributed by atoms with Crippen LogP contribution < -0.4 is 11.1 Å². The Balaban J connectivity index is 2.98. The molecule has 0 bridgehead atoms. The molecule has 6 heteroatoms. The highest BCUT2D eigenvalue weighted by Gasteiger charge is 2.44. The summed E-state index contributed by atoms with van der Waals surface area (Å²) in [6.45, 7) is 6.54. The van der Waals surface area contributed by atoms with Gasteiger partial charge in [0.1, 0.15) is 12.1 Å². The van der Waals surface area contributed by atoms with E-state index in [-0.39, 0.29) is 18.5 Å². The normalized spacial score (nSPS) is 23.0. The van der Waals surface area contributed by atoms with E-state index >= 15 is 0 Å². The largest absolute Gasteiger partial charge is 0.327 e. The lowest BCUT2D eigenvalue weighted by Gasteiger charge is -2.41. The average molecular weight is 241 g/mol. The minimum atomic E-state index is -1.02. The number of nitrogens with two attached hydrogens (primary N) is 1. The number of piperazine rings is 1. The topological polar surface area (TPSA) is 92.5 Å². The molecular weight excluding hydrogens is 222 g/mol. The maximum Gasteiger partial charge on any atom is 0.252 e. The second-order valence-electron chi connectivity index (χ2n) is 5.01. The van der Waals surface area contributed by atoms with Crippen molar-refractivity contribution in [1.29, 1.82) is 0 Å². The molecule has 1 aliphatic rings. The summed E-state index contributed by atoms with van der Waals surface area (Å²) in [7, 11) is 0. The van der Waals surface area contributed by atoms with Gasteiger partial charge in [-0.1, -0.05) is 6.92 Å². The van der Waals surface area contributed by atoms with Crippen LogP contribution in [0.4, 0.5) is 0 Å². The van der Waals surface area contributed by atoms with Crippen molar-refractivity contribution in [3.8, 4) is 0 Å². The van der Waals surface area contributed by atoms with E-state index in [2.05, 4.69) is 5.32 Å². The molecule has 1 rings (SSSR count). The summed E-state index contributed by atoms with van der Waals surface area (Å²) in [6, 6.07) is -0.321. The SMILES string of the molecule is CC(N)C(C)C(=O)N1CC(=O)NC(=O)C1(C)C. The van der Waals surface area contributed by atoms with Gasteiger partial charge >= 0.3 is 0 Å². The smallest absolute Gasteiger partial charge is 0.252 e. The van der Waals surface area contributed by atoms with Crippen molar-refractivity contribution in [2.45, 2.75) is 39.3 Å². The standard InChI is InChI=1S/C11H19N3O3/c1-6(7(2)12)9(16)14-5-8(15)13-10(17)11(14,3)4/h6-7H,5,12H2,1-4H3,(H,13,15,17). The number of amides is 3. The van der Waals surface area contributed by atoms with Crippen LogP contribution >= 0.6 is 0 Å². The molecule has 0 aliphatic carbocycles. The highest BCUT2D eigenvalue weighted by molar-refractivity contribution is 6.06. The Hall–Kier alpha value is -1.43. The number of nitrogens with one attached hydrogen (secondary N) is 1. The minimum absolute atomic E-state index is 0.103. The first kappa shape index (κ1) is 13.6. The number of carbonyl (C=O) groups excluding carboxylic acids is 3. The molecule has 3 N–H and O–H groups in total. The fraction of sp³-hybridized carbons (Fsp3) is 0.727. The summed E-state index contributed by atoms with van der Waals surface area (Å²) >= 11 is 0. The molecule has 2 atom stereocenters. The van der Waals surface area contributed by atoms with Crippen molar-refractivity contribution in [1.82, 2.24) is 10.2 Å². The highest BCUT2D eigenvalue weighted by Crippen LogP contribution is 2.21. The first-order valence-electron chi connectivity index (χ1n) is 5.59. The summed E-state index contributed by atoms with van der Waals surface area (Å²) in [4.78, 5) is 36.4. The Kier molecular flexibility index (Phi) is 3.56. The molecule has 0 spiro atoms. The highest BCUT2D eigenvalue weighted by atomic mass is 16.2. The molecule has 0 aromatic heterocycles. The van der Waals surface area contributed by atoms with Gasteiger partial charge in [0.05, 0.1) is 5.92 Å². The summed E-state index contributed by atoms with van der Waals surface area (Å²) in [5, 5.41) is 2.22. The fourth-order valence-electron chi connectivity index (χ4n) is 1.61. The van der Waals surface area contributed by atoms with Crippen molar-refractivity contribution in [3.05, 3.63) is 0 Å². The zero-order chi connectivity index (χ0) is 13.4. The van der Waals surface area contributed by atoms with Crippen molar-refractivity contribution >= 4 is 17.7 Å². The van der Waals surface area contributed by atoms with E-state index in [1.165, 1.54) is 4.90 Å². The van der Waals surface area contributed by atoms with Crippen LogP contribution in [0.25, 0.3) is 0 Å². The lowest BCUT2D eigenvalue weighted by Crippen LogP contribution is -2.66. The maximum atomic E-state index is 12.2. The molecular formula is C11H19N3O3. The third-order valence-electron chi connectivity index (χ3n) is 3.23. The van der Waals surface area contributed by atoms with Crippen molar-refractivity contribution < 1.29 is 14.4 Å². The van der Waals surface area contributed by atoms with Crippen LogP contribution in [0, 0.1) is 5.92 Å². The lowest BCUT2D eigenvalue weighted by atomic mass is 9.94. The van der Waals surface area contributed by atoms with Gasteiger partial charge in [0, 0.05) is 6.04 Å². The summed E-state index contributed by atoms with van der Waals surface area (Å²) in [5.74, 6) is -1.61. The summed E-state index contributed by atoms with van der Waals surface area (Å²) in [6.07, 6.45) is 0. The predicted octanol–water partition coefficient (Wildman–Crippen LogP) is -0.767. The van der Waals surface area contributed by atoms with Crippen LogP contribution in [-0.2, 0) is 14.4 Å². The third-order valence-corrected chi connectivity index (χ3v) is 3.23. The molecule has 0 aromatic carbocycles. The lowest BCUT2D eigenvalue weighted by molar-refractivity contribution is -0.157. The molecule has 0 saturated carbocycles. The van der Waals surface area contributed by atoms with Crippen molar-refractivity contribution in [2.75, 3.05) is 6.54 Å². The molecule has 1 fully saturated rings. The number of rotatable bonds is 2. The van der Waals surface area contributed by atoms with E-state index in [4.69, 9.17) is 5.73 Å². The second kappa shape index (κ2) is 4.44. The molecule has 2 unspecified atom stereocenters. The van der Waals surface area contributed by atoms with Gasteiger partial charge in [0.25, 0.3) is 5.91 Å². The number of nitrogens with zero attached hydrogens (tertiary/aromatic N) is 1. The predicted molar refractivity (Wildman–Crippen MR) is 61.8 cm³/mol. The monoisotopic (exact) mass is 241 g/mol. The fourth-order valence-corrected chi connectivity index (χ4v) is 1.61. The van der Waals surface area contributed by atoms with Gasteiger partial charge in [-0.25, -0.2) is 0 Å². The van der Waals surface area contributed by atoms with Gasteiger partial charge in [-0.15, -0.1) is 0 Å². The van der Waals surface area contributed by atoms with E-state index in [0.717, 1.165) is 0 Å². The molecule has 6 nitrogen and oxygen atoms in total. The Labute approximate surface area is 101 Å². The van der Waals surface area contributed by atoms with Gasteiger partial charge in [-0.05, 0) is 20.8 Å². The molecule has 0 radical (unpaired) electrons. The Morgan fingerprint density at radius 1 is 1.41 bits per heavy atom. The molecule has 1 heterocycles. The zero-order valence-corrected chi connectivity index (χ0v) is 10.6. The van der Waals surface area contributed by atoms with Gasteiger partial charge in [-0.2, -0.15) is 0 Å². The van der Waals surface area contributed by atoms with Crippen LogP contribution in [0.15, 0.2) is 0 Å². The van der Waals surface area contributed by atoms with E-state index in [0.29, 0.717) is 0 Å². The molecule has 0 aromatic rings. The minimum Gasteiger partial charge on any atom is -0.327 e. The van der Waals surface area contributed by atoms with Gasteiger partial charge in [0.2, 0.25) is 11.8 Å². The number of hydrogen-bond donors (Lipinski definition) is 2. The van der Waals surface area contributed by atoms with Crippen molar-refractivity contribution in [2.24, 2.45) is 11.7 Å². The zero-order valence-electron chi connectivity index (χ0n) is 10.6. The van der Waals surface area contributed by atoms with Gasteiger partial charge in [-0.3, -0.25) is 19.7 Å². The van der Waals surface area contributed by atoms with Crippen LogP contribution in [0.3, 0.4) is 0 Å². The maximum absolute atomic E-state index is 12.2. The van der Waals surface area contributed by atoms with E-state index in [1.807, 2.05) is 0 Å². The Morgan fingerprint density at radius 3 is 2.41 bits per heavy atom. The number of hydrogen-bond acceptors (Lipinski definition) is 4. The van der Waals surface area contributed by atoms with Crippen LogP contribution in [-0.4, -0.2) is 40.7 Å². The molecule has 17 heavy (non-hydrogen) atoms. The molecule has 1 aliphatic heterocycles. The summed E-state index contributed by atoms with van der Waals surface area (Å²) < 4.78 is 0. The van der Waals surface area contributed by atoms with Crippen molar-refractivity contribution in [3.63, 3.8) is 0 Å². The van der Waals surface area contributed by atoms with Gasteiger partial charge < -0.3 is 10.6 Å². The van der Waals surface area contributed by atoms with Gasteiger partial charge in [0.15, 0.2) is 0 Å². The molecule has 1 saturated heterocycles. The second-order valence-corrected chi connectivity index (χ2v) is 5.01. The van der Waals surface area contributed by atoms with Crippen LogP contribution in [0.5, 0.6) is 0 Å². The van der Waals surface area contributed by atoms with E-state index < -0.39 is 23.3 Å². The Bertz CT molecular complexity index is 363. The van der Waals surface area contributed by atoms with Crippen LogP contribution in [0.1, 0.15) is 27.7 Å². The summed E-state index contributed by atoms with van der Waals surface area (Å²) in [5.41, 5.74) is 4.65. The first-order chi connectivity index (χ1) is 7.67. The van der Waals surface area contributed by atoms with Crippen LogP contribution in [0.2, 0.25) is 0 Å². The van der Waals surface area contributed by atoms with E-state index in [1.54, 1.807) is 27.7 Å². The molecule has 3 amide bonds. The quantitative estimate of drug-likeness (QED) is 0.621. The van der Waals surface area contributed by atoms with E-state index in [9.17, 15) is 14.4 Å².